The average molecular weight is 457 g/mol. The van der Waals surface area contributed by atoms with E-state index in [4.69, 9.17) is 4.74 Å². The van der Waals surface area contributed by atoms with Crippen LogP contribution in [-0.4, -0.2) is 35.6 Å². The van der Waals surface area contributed by atoms with Gasteiger partial charge in [0.2, 0.25) is 0 Å². The summed E-state index contributed by atoms with van der Waals surface area (Å²) in [6.07, 6.45) is 0.509. The Hall–Kier alpha value is 1.49. The molecule has 1 unspecified atom stereocenters. The van der Waals surface area contributed by atoms with Gasteiger partial charge in [-0.3, -0.25) is 4.79 Å². The molecule has 23 heavy (non-hydrogen) atoms. The molecule has 0 bridgehead atoms. The van der Waals surface area contributed by atoms with Gasteiger partial charge >= 0.3 is 5.97 Å². The monoisotopic (exact) mass is 456 g/mol. The number of carbonyl (C=O) groups is 1. The van der Waals surface area contributed by atoms with Crippen LogP contribution >= 0.6 is 94.1 Å². The Morgan fingerprint density at radius 3 is 2.09 bits per heavy atom. The summed E-state index contributed by atoms with van der Waals surface area (Å²) in [6.45, 7) is 0. The molecule has 0 aromatic rings. The van der Waals surface area contributed by atoms with Gasteiger partial charge in [0.25, 0.3) is 0 Å². The van der Waals surface area contributed by atoms with Gasteiger partial charge in [-0.15, -0.1) is 47.0 Å². The van der Waals surface area contributed by atoms with E-state index in [1.54, 1.807) is 0 Å². The highest BCUT2D eigenvalue weighted by Gasteiger charge is 2.35. The molecule has 2 nitrogen and oxygen atoms in total. The zero-order chi connectivity index (χ0) is 15.8. The van der Waals surface area contributed by atoms with Crippen molar-refractivity contribution in [1.82, 2.24) is 0 Å². The fraction of sp³-hybridized carbons (Fsp3) is 0.462. The van der Waals surface area contributed by atoms with Crippen molar-refractivity contribution in [3.8, 4) is 0 Å². The molecule has 4 heterocycles. The van der Waals surface area contributed by atoms with Gasteiger partial charge in [0, 0.05) is 22.5 Å². The first-order chi connectivity index (χ1) is 11.2. The minimum absolute atomic E-state index is 0.103. The number of esters is 1. The summed E-state index contributed by atoms with van der Waals surface area (Å²) in [7, 11) is 1.47. The van der Waals surface area contributed by atoms with Crippen molar-refractivity contribution >= 4 is 100 Å². The zero-order valence-corrected chi connectivity index (χ0v) is 18.5. The lowest BCUT2D eigenvalue weighted by atomic mass is 10.3. The molecule has 4 rings (SSSR count). The summed E-state index contributed by atoms with van der Waals surface area (Å²) in [5.41, 5.74) is 0. The van der Waals surface area contributed by atoms with E-state index in [0.717, 1.165) is 5.75 Å². The first-order valence-corrected chi connectivity index (χ1v) is 13.9. The minimum Gasteiger partial charge on any atom is -0.469 e. The Balaban J connectivity index is 1.41. The summed E-state index contributed by atoms with van der Waals surface area (Å²) >= 11 is 15.5. The van der Waals surface area contributed by atoms with Crippen LogP contribution in [0, 0.1) is 0 Å². The number of ether oxygens (including phenoxy) is 1. The summed E-state index contributed by atoms with van der Waals surface area (Å²) in [6, 6.07) is 0. The van der Waals surface area contributed by atoms with Crippen molar-refractivity contribution in [2.45, 2.75) is 11.7 Å². The maximum atomic E-state index is 11.5. The average Bonchev–Trinajstić information content (AvgIpc) is 3.17. The number of thioether (sulfide) groups is 8. The van der Waals surface area contributed by atoms with Crippen LogP contribution in [0.15, 0.2) is 25.4 Å². The molecule has 0 aromatic heterocycles. The molecule has 10 heteroatoms. The van der Waals surface area contributed by atoms with E-state index in [1.807, 2.05) is 94.1 Å². The lowest BCUT2D eigenvalue weighted by molar-refractivity contribution is -0.140. The molecule has 0 amide bonds. The lowest BCUT2D eigenvalue weighted by Crippen LogP contribution is -2.16. The van der Waals surface area contributed by atoms with Gasteiger partial charge in [-0.05, 0) is 0 Å². The van der Waals surface area contributed by atoms with E-state index in [1.165, 1.54) is 44.0 Å². The molecular weight excluding hydrogens is 445 g/mol. The second-order valence-corrected chi connectivity index (χ2v) is 14.8. The molecule has 0 saturated carbocycles. The minimum atomic E-state index is -0.103. The highest BCUT2D eigenvalue weighted by atomic mass is 32.3. The quantitative estimate of drug-likeness (QED) is 0.446. The number of hydrogen-bond acceptors (Lipinski definition) is 10. The van der Waals surface area contributed by atoms with E-state index >= 15 is 0 Å². The van der Waals surface area contributed by atoms with E-state index < -0.39 is 0 Å². The van der Waals surface area contributed by atoms with Gasteiger partial charge in [0.1, 0.15) is 0 Å². The van der Waals surface area contributed by atoms with Crippen LogP contribution in [0.25, 0.3) is 0 Å². The first kappa shape index (κ1) is 17.9. The molecule has 0 aromatic carbocycles. The Morgan fingerprint density at radius 1 is 0.913 bits per heavy atom. The number of methoxy groups -OCH3 is 1. The fourth-order valence-corrected chi connectivity index (χ4v) is 14.7. The number of rotatable bonds is 2. The molecule has 0 aliphatic carbocycles. The van der Waals surface area contributed by atoms with Crippen LogP contribution in [0.4, 0.5) is 0 Å². The Kier molecular flexibility index (Phi) is 6.24. The van der Waals surface area contributed by atoms with Crippen LogP contribution in [0.2, 0.25) is 0 Å². The van der Waals surface area contributed by atoms with Gasteiger partial charge in [-0.1, -0.05) is 47.0 Å². The SMILES string of the molecule is COC(=O)CC1CSC2=C(SC(=C3SC4=C(SCCS4)S3)S2)S1. The smallest absolute Gasteiger partial charge is 0.306 e. The van der Waals surface area contributed by atoms with E-state index in [2.05, 4.69) is 0 Å². The van der Waals surface area contributed by atoms with Crippen molar-refractivity contribution in [1.29, 1.82) is 0 Å². The molecule has 0 spiro atoms. The van der Waals surface area contributed by atoms with Crippen molar-refractivity contribution in [2.75, 3.05) is 24.4 Å². The molecular formula is C13H12O2S8. The highest BCUT2D eigenvalue weighted by molar-refractivity contribution is 8.45. The highest BCUT2D eigenvalue weighted by Crippen LogP contribution is 2.68. The van der Waals surface area contributed by atoms with Crippen molar-refractivity contribution < 1.29 is 9.53 Å². The van der Waals surface area contributed by atoms with Gasteiger partial charge in [-0.2, -0.15) is 0 Å². The molecule has 1 atom stereocenters. The molecule has 0 N–H and O–H groups in total. The zero-order valence-electron chi connectivity index (χ0n) is 12.0. The first-order valence-electron chi connectivity index (χ1n) is 6.79. The largest absolute Gasteiger partial charge is 0.469 e. The van der Waals surface area contributed by atoms with Crippen LogP contribution in [0.1, 0.15) is 6.42 Å². The third-order valence-electron chi connectivity index (χ3n) is 3.09. The second-order valence-electron chi connectivity index (χ2n) is 4.66. The Labute approximate surface area is 169 Å². The van der Waals surface area contributed by atoms with E-state index in [0.29, 0.717) is 11.7 Å². The van der Waals surface area contributed by atoms with Crippen LogP contribution in [0.3, 0.4) is 0 Å². The fourth-order valence-electron chi connectivity index (χ4n) is 2.04. The molecule has 4 aliphatic heterocycles. The third-order valence-corrected chi connectivity index (χ3v) is 15.4. The molecule has 124 valence electrons. The molecule has 0 radical (unpaired) electrons. The van der Waals surface area contributed by atoms with Gasteiger partial charge < -0.3 is 4.74 Å². The Bertz CT molecular complexity index is 618. The van der Waals surface area contributed by atoms with Gasteiger partial charge in [0.05, 0.1) is 39.0 Å². The second kappa shape index (κ2) is 8.02. The van der Waals surface area contributed by atoms with Crippen LogP contribution in [0.5, 0.6) is 0 Å². The van der Waals surface area contributed by atoms with E-state index in [-0.39, 0.29) is 5.97 Å². The number of hydrogen-bond donors (Lipinski definition) is 0. The van der Waals surface area contributed by atoms with Gasteiger partial charge in [0.15, 0.2) is 0 Å². The molecule has 4 aliphatic rings. The normalized spacial score (nSPS) is 27.4. The number of carbonyl (C=O) groups excluding carboxylic acids is 1. The van der Waals surface area contributed by atoms with Crippen LogP contribution in [-0.2, 0) is 9.53 Å². The predicted molar refractivity (Wildman–Crippen MR) is 117 cm³/mol. The van der Waals surface area contributed by atoms with Gasteiger partial charge in [-0.25, -0.2) is 0 Å². The summed E-state index contributed by atoms with van der Waals surface area (Å²) < 4.78 is 13.5. The summed E-state index contributed by atoms with van der Waals surface area (Å²) in [5, 5.41) is 0.338. The predicted octanol–water partition coefficient (Wildman–Crippen LogP) is 6.22. The van der Waals surface area contributed by atoms with E-state index in [9.17, 15) is 4.79 Å². The summed E-state index contributed by atoms with van der Waals surface area (Å²) in [5.74, 6) is 3.36. The van der Waals surface area contributed by atoms with Crippen molar-refractivity contribution in [2.24, 2.45) is 0 Å². The van der Waals surface area contributed by atoms with Crippen molar-refractivity contribution in [3.63, 3.8) is 0 Å². The maximum absolute atomic E-state index is 11.5. The van der Waals surface area contributed by atoms with Crippen LogP contribution < -0.4 is 0 Å². The molecule has 0 fully saturated rings. The maximum Gasteiger partial charge on any atom is 0.306 e. The topological polar surface area (TPSA) is 26.3 Å². The summed E-state index contributed by atoms with van der Waals surface area (Å²) in [4.78, 5) is 11.5. The Morgan fingerprint density at radius 2 is 1.48 bits per heavy atom. The lowest BCUT2D eigenvalue weighted by Gasteiger charge is -2.20. The molecule has 0 saturated heterocycles. The van der Waals surface area contributed by atoms with Crippen molar-refractivity contribution in [3.05, 3.63) is 25.4 Å². The standard InChI is InChI=1S/C13H12O2S8/c1-15-7(14)4-6-5-18-10-11(19-6)23-13(22-10)12-20-8-9(21-12)17-3-2-16-8/h6H,2-5H2,1H3. The third kappa shape index (κ3) is 4.09.